The van der Waals surface area contributed by atoms with Gasteiger partial charge in [-0.15, -0.1) is 0 Å². The summed E-state index contributed by atoms with van der Waals surface area (Å²) < 4.78 is 14.7. The second kappa shape index (κ2) is 8.25. The maximum Gasteiger partial charge on any atom is 0.233 e. The third-order valence-electron chi connectivity index (χ3n) is 3.76. The fourth-order valence-corrected chi connectivity index (χ4v) is 4.55. The zero-order chi connectivity index (χ0) is 17.8. The van der Waals surface area contributed by atoms with E-state index < -0.39 is 5.82 Å². The van der Waals surface area contributed by atoms with Crippen molar-refractivity contribution in [1.82, 2.24) is 4.90 Å². The van der Waals surface area contributed by atoms with E-state index in [0.29, 0.717) is 10.6 Å². The Labute approximate surface area is 159 Å². The van der Waals surface area contributed by atoms with E-state index in [0.717, 1.165) is 15.8 Å². The van der Waals surface area contributed by atoms with Gasteiger partial charge in [0.15, 0.2) is 0 Å². The largest absolute Gasteiger partial charge is 0.341 e. The molecule has 2 aromatic carbocycles. The van der Waals surface area contributed by atoms with E-state index in [4.69, 9.17) is 11.6 Å². The van der Waals surface area contributed by atoms with Crippen molar-refractivity contribution in [3.63, 3.8) is 0 Å². The van der Waals surface area contributed by atoms with E-state index in [-0.39, 0.29) is 18.2 Å². The van der Waals surface area contributed by atoms with Crippen LogP contribution in [0.3, 0.4) is 0 Å². The Balaban J connectivity index is 1.59. The molecule has 130 valence electrons. The molecule has 1 amide bonds. The molecule has 0 saturated heterocycles. The summed E-state index contributed by atoms with van der Waals surface area (Å²) in [6.45, 7) is 0.146. The first kappa shape index (κ1) is 18.3. The summed E-state index contributed by atoms with van der Waals surface area (Å²) in [6, 6.07) is 12.5. The van der Waals surface area contributed by atoms with Crippen LogP contribution < -0.4 is 0 Å². The zero-order valence-corrected chi connectivity index (χ0v) is 15.9. The molecule has 7 heteroatoms. The number of benzene rings is 2. The van der Waals surface area contributed by atoms with Crippen LogP contribution in [0, 0.1) is 5.82 Å². The van der Waals surface area contributed by atoms with Crippen molar-refractivity contribution in [3.8, 4) is 0 Å². The summed E-state index contributed by atoms with van der Waals surface area (Å²) in [5.41, 5.74) is 2.50. The molecular weight excluding hydrogens is 379 g/mol. The first-order valence-electron chi connectivity index (χ1n) is 7.63. The van der Waals surface area contributed by atoms with E-state index in [1.165, 1.54) is 28.3 Å². The molecule has 1 heterocycles. The van der Waals surface area contributed by atoms with Crippen molar-refractivity contribution >= 4 is 51.1 Å². The lowest BCUT2D eigenvalue weighted by Gasteiger charge is -2.19. The number of carbonyl (C=O) groups excluding carboxylic acids is 1. The molecule has 0 spiro atoms. The highest BCUT2D eigenvalue weighted by molar-refractivity contribution is 8.38. The lowest BCUT2D eigenvalue weighted by molar-refractivity contribution is -0.127. The minimum atomic E-state index is -0.399. The van der Waals surface area contributed by atoms with Crippen LogP contribution in [0.2, 0.25) is 5.02 Å². The summed E-state index contributed by atoms with van der Waals surface area (Å²) >= 11 is 9.06. The Hall–Kier alpha value is -1.50. The summed E-state index contributed by atoms with van der Waals surface area (Å²) in [4.78, 5) is 18.4. The van der Waals surface area contributed by atoms with Crippen molar-refractivity contribution < 1.29 is 9.18 Å². The standard InChI is InChI=1S/C18H16ClFN2OS2/c1-22(9-13-14(19)6-4-7-15(13)20)17(23)11-25-18-21-16-8-3-2-5-12(16)10-24-18/h2-8H,9-11H2,1H3. The first-order chi connectivity index (χ1) is 12.0. The number of amides is 1. The van der Waals surface area contributed by atoms with Crippen LogP contribution in [-0.4, -0.2) is 28.0 Å². The monoisotopic (exact) mass is 394 g/mol. The van der Waals surface area contributed by atoms with E-state index in [1.54, 1.807) is 30.9 Å². The predicted molar refractivity (Wildman–Crippen MR) is 105 cm³/mol. The molecule has 3 rings (SSSR count). The highest BCUT2D eigenvalue weighted by Gasteiger charge is 2.17. The van der Waals surface area contributed by atoms with Gasteiger partial charge in [0.25, 0.3) is 0 Å². The van der Waals surface area contributed by atoms with E-state index in [1.807, 2.05) is 18.2 Å². The molecule has 0 aliphatic carbocycles. The molecule has 3 nitrogen and oxygen atoms in total. The summed E-state index contributed by atoms with van der Waals surface area (Å²) in [7, 11) is 1.65. The molecular formula is C18H16ClFN2OS2. The van der Waals surface area contributed by atoms with Crippen LogP contribution in [0.5, 0.6) is 0 Å². The minimum absolute atomic E-state index is 0.0912. The number of thioether (sulfide) groups is 2. The lowest BCUT2D eigenvalue weighted by Crippen LogP contribution is -2.28. The molecule has 25 heavy (non-hydrogen) atoms. The van der Waals surface area contributed by atoms with Gasteiger partial charge in [0.05, 0.1) is 11.4 Å². The van der Waals surface area contributed by atoms with E-state index in [9.17, 15) is 9.18 Å². The van der Waals surface area contributed by atoms with Crippen LogP contribution in [0.1, 0.15) is 11.1 Å². The predicted octanol–water partition coefficient (Wildman–Crippen LogP) is 5.11. The van der Waals surface area contributed by atoms with Gasteiger partial charge in [-0.25, -0.2) is 9.38 Å². The number of para-hydroxylation sites is 1. The van der Waals surface area contributed by atoms with Crippen molar-refractivity contribution in [3.05, 3.63) is 64.4 Å². The van der Waals surface area contributed by atoms with Gasteiger partial charge in [0.2, 0.25) is 5.91 Å². The Morgan fingerprint density at radius 2 is 2.12 bits per heavy atom. The van der Waals surface area contributed by atoms with E-state index in [2.05, 4.69) is 11.1 Å². The summed E-state index contributed by atoms with van der Waals surface area (Å²) in [6.07, 6.45) is 0. The molecule has 0 bridgehead atoms. The maximum absolute atomic E-state index is 13.8. The molecule has 1 aliphatic rings. The molecule has 1 aliphatic heterocycles. The fourth-order valence-electron chi connectivity index (χ4n) is 2.33. The van der Waals surface area contributed by atoms with E-state index >= 15 is 0 Å². The molecule has 0 fully saturated rings. The highest BCUT2D eigenvalue weighted by atomic mass is 35.5. The summed E-state index contributed by atoms with van der Waals surface area (Å²) in [5.74, 6) is 0.628. The van der Waals surface area contributed by atoms with Crippen molar-refractivity contribution in [1.29, 1.82) is 0 Å². The van der Waals surface area contributed by atoms with Crippen LogP contribution >= 0.6 is 35.1 Å². The Morgan fingerprint density at radius 1 is 1.32 bits per heavy atom. The number of fused-ring (bicyclic) bond motifs is 1. The third-order valence-corrected chi connectivity index (χ3v) is 6.34. The number of aliphatic imine (C=N–C) groups is 1. The average molecular weight is 395 g/mol. The molecule has 0 unspecified atom stereocenters. The molecule has 0 saturated carbocycles. The Morgan fingerprint density at radius 3 is 2.92 bits per heavy atom. The van der Waals surface area contributed by atoms with Gasteiger partial charge in [-0.3, -0.25) is 4.79 Å². The number of carbonyl (C=O) groups is 1. The lowest BCUT2D eigenvalue weighted by atomic mass is 10.2. The van der Waals surface area contributed by atoms with Gasteiger partial charge in [-0.2, -0.15) is 0 Å². The first-order valence-corrected chi connectivity index (χ1v) is 9.98. The number of nitrogens with zero attached hydrogens (tertiary/aromatic N) is 2. The number of hydrogen-bond donors (Lipinski definition) is 0. The third kappa shape index (κ3) is 4.57. The van der Waals surface area contributed by atoms with Gasteiger partial charge in [-0.05, 0) is 23.8 Å². The highest BCUT2D eigenvalue weighted by Crippen LogP contribution is 2.34. The van der Waals surface area contributed by atoms with Crippen molar-refractivity contribution in [2.24, 2.45) is 4.99 Å². The Kier molecular flexibility index (Phi) is 6.04. The number of hydrogen-bond acceptors (Lipinski definition) is 4. The molecule has 2 aromatic rings. The van der Waals surface area contributed by atoms with Crippen molar-refractivity contribution in [2.45, 2.75) is 12.3 Å². The van der Waals surface area contributed by atoms with Gasteiger partial charge >= 0.3 is 0 Å². The molecule has 0 N–H and O–H groups in total. The van der Waals surface area contributed by atoms with Gasteiger partial charge in [-0.1, -0.05) is 59.4 Å². The molecule has 0 radical (unpaired) electrons. The van der Waals surface area contributed by atoms with Crippen LogP contribution in [0.4, 0.5) is 10.1 Å². The second-order valence-electron chi connectivity index (χ2n) is 5.53. The topological polar surface area (TPSA) is 32.7 Å². The average Bonchev–Trinajstić information content (AvgIpc) is 2.62. The fraction of sp³-hybridized carbons (Fsp3) is 0.222. The SMILES string of the molecule is CN(Cc1c(F)cccc1Cl)C(=O)CSC1=Nc2ccccc2CS1. The quantitative estimate of drug-likeness (QED) is 0.722. The van der Waals surface area contributed by atoms with Gasteiger partial charge < -0.3 is 4.90 Å². The van der Waals surface area contributed by atoms with Crippen LogP contribution in [0.25, 0.3) is 0 Å². The normalized spacial score (nSPS) is 13.2. The van der Waals surface area contributed by atoms with Gasteiger partial charge in [0.1, 0.15) is 10.2 Å². The van der Waals surface area contributed by atoms with Crippen LogP contribution in [0.15, 0.2) is 47.5 Å². The number of rotatable bonds is 4. The summed E-state index contributed by atoms with van der Waals surface area (Å²) in [5, 5.41) is 0.330. The molecule has 0 atom stereocenters. The zero-order valence-electron chi connectivity index (χ0n) is 13.5. The minimum Gasteiger partial charge on any atom is -0.341 e. The maximum atomic E-state index is 13.8. The van der Waals surface area contributed by atoms with Gasteiger partial charge in [0, 0.05) is 29.9 Å². The molecule has 0 aromatic heterocycles. The smallest absolute Gasteiger partial charge is 0.233 e. The number of halogens is 2. The second-order valence-corrected chi connectivity index (χ2v) is 8.13. The van der Waals surface area contributed by atoms with Crippen LogP contribution in [-0.2, 0) is 17.1 Å². The van der Waals surface area contributed by atoms with Crippen molar-refractivity contribution in [2.75, 3.05) is 12.8 Å². The Bertz CT molecular complexity index is 808.